The summed E-state index contributed by atoms with van der Waals surface area (Å²) in [7, 11) is 0. The smallest absolute Gasteiger partial charge is 0.156 e. The Labute approximate surface area is 108 Å². The lowest BCUT2D eigenvalue weighted by molar-refractivity contribution is -0.114. The maximum Gasteiger partial charge on any atom is 0.156 e. The van der Waals surface area contributed by atoms with Gasteiger partial charge in [0.05, 0.1) is 0 Å². The summed E-state index contributed by atoms with van der Waals surface area (Å²) in [6.45, 7) is 1.75. The van der Waals surface area contributed by atoms with Gasteiger partial charge in [-0.1, -0.05) is 30.3 Å². The summed E-state index contributed by atoms with van der Waals surface area (Å²) in [5.41, 5.74) is 3.84. The molecule has 0 heterocycles. The van der Waals surface area contributed by atoms with Crippen LogP contribution in [0.2, 0.25) is 0 Å². The van der Waals surface area contributed by atoms with Crippen LogP contribution < -0.4 is 0 Å². The normalized spacial score (nSPS) is 36.5. The second-order valence-electron chi connectivity index (χ2n) is 6.13. The maximum atomic E-state index is 12.0. The molecule has 1 aromatic rings. The van der Waals surface area contributed by atoms with Gasteiger partial charge in [-0.2, -0.15) is 0 Å². The zero-order chi connectivity index (χ0) is 12.3. The van der Waals surface area contributed by atoms with Crippen molar-refractivity contribution in [3.63, 3.8) is 0 Å². The van der Waals surface area contributed by atoms with E-state index in [0.717, 1.165) is 11.8 Å². The van der Waals surface area contributed by atoms with Crippen LogP contribution in [0.3, 0.4) is 0 Å². The number of allylic oxidation sites excluding steroid dienone is 2. The molecule has 1 aromatic carbocycles. The fraction of sp³-hybridized carbons (Fsp3) is 0.471. The lowest BCUT2D eigenvalue weighted by Gasteiger charge is -2.44. The topological polar surface area (TPSA) is 17.1 Å². The van der Waals surface area contributed by atoms with Gasteiger partial charge in [0.15, 0.2) is 5.78 Å². The molecule has 1 heteroatoms. The van der Waals surface area contributed by atoms with Crippen LogP contribution in [0.1, 0.15) is 31.7 Å². The SMILES string of the molecule is CC(=O)C1=C(c2ccccc2)[C@@H]2[C@H]3CC[C@H](C3)[C@H]12. The van der Waals surface area contributed by atoms with E-state index in [1.807, 2.05) is 0 Å². The van der Waals surface area contributed by atoms with Gasteiger partial charge in [-0.15, -0.1) is 0 Å². The first-order valence-corrected chi connectivity index (χ1v) is 7.08. The highest BCUT2D eigenvalue weighted by molar-refractivity contribution is 6.06. The average molecular weight is 238 g/mol. The minimum atomic E-state index is 0.308. The zero-order valence-electron chi connectivity index (χ0n) is 10.7. The number of fused-ring (bicyclic) bond motifs is 5. The van der Waals surface area contributed by atoms with Gasteiger partial charge in [0.2, 0.25) is 0 Å². The summed E-state index contributed by atoms with van der Waals surface area (Å²) in [6, 6.07) is 10.6. The minimum Gasteiger partial charge on any atom is -0.295 e. The average Bonchev–Trinajstić information content (AvgIpc) is 2.87. The lowest BCUT2D eigenvalue weighted by Crippen LogP contribution is -2.37. The molecule has 2 bridgehead atoms. The summed E-state index contributed by atoms with van der Waals surface area (Å²) < 4.78 is 0. The lowest BCUT2D eigenvalue weighted by atomic mass is 9.59. The molecule has 18 heavy (non-hydrogen) atoms. The van der Waals surface area contributed by atoms with Gasteiger partial charge in [0, 0.05) is 5.57 Å². The molecule has 1 nitrogen and oxygen atoms in total. The molecule has 3 aliphatic rings. The van der Waals surface area contributed by atoms with Crippen molar-refractivity contribution in [3.05, 3.63) is 41.5 Å². The summed E-state index contributed by atoms with van der Waals surface area (Å²) in [5.74, 6) is 3.29. The zero-order valence-corrected chi connectivity index (χ0v) is 10.7. The first kappa shape index (κ1) is 10.5. The van der Waals surface area contributed by atoms with Crippen LogP contribution in [0.25, 0.3) is 5.57 Å². The van der Waals surface area contributed by atoms with Crippen molar-refractivity contribution in [2.45, 2.75) is 26.2 Å². The highest BCUT2D eigenvalue weighted by Crippen LogP contribution is 2.66. The molecular formula is C17H18O. The van der Waals surface area contributed by atoms with Gasteiger partial charge in [0.1, 0.15) is 0 Å². The molecule has 0 amide bonds. The largest absolute Gasteiger partial charge is 0.295 e. The molecule has 3 aliphatic carbocycles. The van der Waals surface area contributed by atoms with Crippen LogP contribution in [-0.2, 0) is 4.79 Å². The minimum absolute atomic E-state index is 0.308. The number of hydrogen-bond donors (Lipinski definition) is 0. The van der Waals surface area contributed by atoms with E-state index in [0.29, 0.717) is 17.6 Å². The summed E-state index contributed by atoms with van der Waals surface area (Å²) in [6.07, 6.45) is 4.10. The van der Waals surface area contributed by atoms with Gasteiger partial charge in [-0.05, 0) is 61.0 Å². The monoisotopic (exact) mass is 238 g/mol. The van der Waals surface area contributed by atoms with Crippen molar-refractivity contribution in [2.75, 3.05) is 0 Å². The van der Waals surface area contributed by atoms with Gasteiger partial charge in [-0.3, -0.25) is 4.79 Å². The Morgan fingerprint density at radius 2 is 1.72 bits per heavy atom. The first-order chi connectivity index (χ1) is 8.77. The second kappa shape index (κ2) is 3.57. The van der Waals surface area contributed by atoms with Crippen LogP contribution in [0.15, 0.2) is 35.9 Å². The highest BCUT2D eigenvalue weighted by Gasteiger charge is 2.57. The van der Waals surface area contributed by atoms with E-state index in [1.54, 1.807) is 6.92 Å². The molecule has 0 radical (unpaired) electrons. The third-order valence-corrected chi connectivity index (χ3v) is 5.34. The third-order valence-electron chi connectivity index (χ3n) is 5.34. The fourth-order valence-corrected chi connectivity index (χ4v) is 4.77. The molecule has 2 saturated carbocycles. The molecule has 0 saturated heterocycles. The summed E-state index contributed by atoms with van der Waals surface area (Å²) in [4.78, 5) is 12.0. The van der Waals surface area contributed by atoms with E-state index < -0.39 is 0 Å². The Bertz CT molecular complexity index is 540. The predicted octanol–water partition coefficient (Wildman–Crippen LogP) is 3.71. The van der Waals surface area contributed by atoms with Gasteiger partial charge in [-0.25, -0.2) is 0 Å². The Morgan fingerprint density at radius 3 is 2.39 bits per heavy atom. The van der Waals surface area contributed by atoms with E-state index in [-0.39, 0.29) is 0 Å². The van der Waals surface area contributed by atoms with Crippen LogP contribution >= 0.6 is 0 Å². The van der Waals surface area contributed by atoms with E-state index in [4.69, 9.17) is 0 Å². The molecule has 2 fully saturated rings. The van der Waals surface area contributed by atoms with Gasteiger partial charge >= 0.3 is 0 Å². The number of carbonyl (C=O) groups is 1. The Morgan fingerprint density at radius 1 is 1.06 bits per heavy atom. The number of Topliss-reactive ketones (excluding diaryl/α,β-unsaturated/α-hetero) is 1. The van der Waals surface area contributed by atoms with Crippen molar-refractivity contribution < 1.29 is 4.79 Å². The number of ketones is 1. The maximum absolute atomic E-state index is 12.0. The van der Waals surface area contributed by atoms with E-state index >= 15 is 0 Å². The predicted molar refractivity (Wildman–Crippen MR) is 71.9 cm³/mol. The van der Waals surface area contributed by atoms with Crippen molar-refractivity contribution >= 4 is 11.4 Å². The van der Waals surface area contributed by atoms with E-state index in [1.165, 1.54) is 36.0 Å². The Kier molecular flexibility index (Phi) is 2.09. The van der Waals surface area contributed by atoms with Crippen molar-refractivity contribution in [1.82, 2.24) is 0 Å². The number of benzene rings is 1. The molecule has 0 unspecified atom stereocenters. The number of rotatable bonds is 2. The Hall–Kier alpha value is -1.37. The summed E-state index contributed by atoms with van der Waals surface area (Å²) >= 11 is 0. The molecule has 92 valence electrons. The molecule has 4 atom stereocenters. The fourth-order valence-electron chi connectivity index (χ4n) is 4.77. The number of carbonyl (C=O) groups excluding carboxylic acids is 1. The number of hydrogen-bond acceptors (Lipinski definition) is 1. The molecule has 0 spiro atoms. The third kappa shape index (κ3) is 1.20. The first-order valence-electron chi connectivity index (χ1n) is 7.08. The molecule has 0 aromatic heterocycles. The highest BCUT2D eigenvalue weighted by atomic mass is 16.1. The standard InChI is InChI=1S/C17H18O/c1-10(18)14-15(11-5-3-2-4-6-11)17-13-8-7-12(9-13)16(14)17/h2-6,12-13,16-17H,7-9H2,1H3/t12-,13+,16-,17+/m1/s1. The Balaban J connectivity index is 1.84. The van der Waals surface area contributed by atoms with E-state index in [2.05, 4.69) is 30.3 Å². The van der Waals surface area contributed by atoms with Crippen LogP contribution in [0.5, 0.6) is 0 Å². The molecule has 0 aliphatic heterocycles. The molecule has 0 N–H and O–H groups in total. The van der Waals surface area contributed by atoms with Crippen molar-refractivity contribution in [3.8, 4) is 0 Å². The van der Waals surface area contributed by atoms with Crippen LogP contribution in [0, 0.1) is 23.7 Å². The van der Waals surface area contributed by atoms with Gasteiger partial charge < -0.3 is 0 Å². The quantitative estimate of drug-likeness (QED) is 0.767. The van der Waals surface area contributed by atoms with Gasteiger partial charge in [0.25, 0.3) is 0 Å². The van der Waals surface area contributed by atoms with E-state index in [9.17, 15) is 4.79 Å². The summed E-state index contributed by atoms with van der Waals surface area (Å²) in [5, 5.41) is 0. The van der Waals surface area contributed by atoms with Crippen molar-refractivity contribution in [1.29, 1.82) is 0 Å². The van der Waals surface area contributed by atoms with Crippen LogP contribution in [-0.4, -0.2) is 5.78 Å². The van der Waals surface area contributed by atoms with Crippen LogP contribution in [0.4, 0.5) is 0 Å². The van der Waals surface area contributed by atoms with Crippen molar-refractivity contribution in [2.24, 2.45) is 23.7 Å². The molecular weight excluding hydrogens is 220 g/mol. The molecule has 4 rings (SSSR count). The second-order valence-corrected chi connectivity index (χ2v) is 6.13.